The summed E-state index contributed by atoms with van der Waals surface area (Å²) in [6.07, 6.45) is 1.15. The lowest BCUT2D eigenvalue weighted by atomic mass is 10.2. The average Bonchev–Trinajstić information content (AvgIpc) is 2.63. The number of piperidine rings is 1. The monoisotopic (exact) mass is 189 g/mol. The highest BCUT2D eigenvalue weighted by atomic mass is 35.5. The predicted molar refractivity (Wildman–Crippen MR) is 44.6 cm³/mol. The minimum Gasteiger partial charge on any atom is -0.465 e. The fourth-order valence-electron chi connectivity index (χ4n) is 1.93. The Hall–Kier alpha value is -0.280. The van der Waals surface area contributed by atoms with E-state index in [0.717, 1.165) is 13.0 Å². The molecule has 1 saturated carbocycles. The van der Waals surface area contributed by atoms with E-state index in [1.807, 2.05) is 6.92 Å². The number of nitrogens with zero attached hydrogens (tertiary/aromatic N) is 1. The minimum absolute atomic E-state index is 0.155. The van der Waals surface area contributed by atoms with E-state index < -0.39 is 0 Å². The van der Waals surface area contributed by atoms with Gasteiger partial charge in [-0.05, 0) is 37.0 Å². The molecule has 68 valence electrons. The molecule has 0 amide bonds. The van der Waals surface area contributed by atoms with E-state index in [4.69, 9.17) is 16.5 Å². The minimum atomic E-state index is -0.170. The highest BCUT2D eigenvalue weighted by Gasteiger charge is 2.55. The van der Waals surface area contributed by atoms with Gasteiger partial charge < -0.3 is 4.74 Å². The van der Waals surface area contributed by atoms with Crippen molar-refractivity contribution < 1.29 is 9.53 Å². The van der Waals surface area contributed by atoms with Crippen molar-refractivity contribution in [3.8, 4) is 0 Å². The summed E-state index contributed by atoms with van der Waals surface area (Å²) in [5.74, 6) is 0.968. The maximum atomic E-state index is 11.3. The van der Waals surface area contributed by atoms with Crippen molar-refractivity contribution in [2.24, 2.45) is 11.8 Å². The van der Waals surface area contributed by atoms with Crippen LogP contribution in [0.3, 0.4) is 0 Å². The third-order valence-corrected chi connectivity index (χ3v) is 2.97. The summed E-state index contributed by atoms with van der Waals surface area (Å²) in [6, 6.07) is -0.170. The van der Waals surface area contributed by atoms with Gasteiger partial charge in [0, 0.05) is 6.54 Å². The highest BCUT2D eigenvalue weighted by Crippen LogP contribution is 2.50. The summed E-state index contributed by atoms with van der Waals surface area (Å²) < 4.78 is 6.52. The zero-order valence-corrected chi connectivity index (χ0v) is 7.75. The number of hydrogen-bond acceptors (Lipinski definition) is 3. The largest absolute Gasteiger partial charge is 0.465 e. The molecule has 0 aromatic carbocycles. The van der Waals surface area contributed by atoms with Crippen molar-refractivity contribution in [2.75, 3.05) is 13.2 Å². The predicted octanol–water partition coefficient (Wildman–Crippen LogP) is 1.02. The van der Waals surface area contributed by atoms with Gasteiger partial charge in [0.1, 0.15) is 6.04 Å². The number of carbonyl (C=O) groups is 1. The molecule has 0 aromatic heterocycles. The molecule has 0 spiro atoms. The van der Waals surface area contributed by atoms with E-state index in [0.29, 0.717) is 18.4 Å². The molecule has 0 N–H and O–H groups in total. The van der Waals surface area contributed by atoms with Crippen LogP contribution < -0.4 is 0 Å². The Morgan fingerprint density at radius 3 is 3.00 bits per heavy atom. The second-order valence-electron chi connectivity index (χ2n) is 3.44. The molecule has 0 bridgehead atoms. The molecule has 2 aliphatic rings. The van der Waals surface area contributed by atoms with Gasteiger partial charge >= 0.3 is 5.97 Å². The summed E-state index contributed by atoms with van der Waals surface area (Å²) >= 11 is 5.87. The van der Waals surface area contributed by atoms with Gasteiger partial charge in [-0.25, -0.2) is 4.42 Å². The lowest BCUT2D eigenvalue weighted by molar-refractivity contribution is -0.147. The van der Waals surface area contributed by atoms with Gasteiger partial charge in [0.2, 0.25) is 0 Å². The SMILES string of the molecule is CCOC(=O)C1C2CC2CN1Cl. The van der Waals surface area contributed by atoms with Gasteiger partial charge in [-0.1, -0.05) is 0 Å². The molecule has 0 radical (unpaired) electrons. The molecule has 2 fully saturated rings. The van der Waals surface area contributed by atoms with Gasteiger partial charge in [-0.3, -0.25) is 4.79 Å². The molecule has 1 aliphatic heterocycles. The smallest absolute Gasteiger partial charge is 0.324 e. The molecule has 3 nitrogen and oxygen atoms in total. The van der Waals surface area contributed by atoms with Crippen molar-refractivity contribution in [3.63, 3.8) is 0 Å². The molecule has 1 saturated heterocycles. The van der Waals surface area contributed by atoms with E-state index in [1.165, 1.54) is 0 Å². The Morgan fingerprint density at radius 2 is 2.50 bits per heavy atom. The average molecular weight is 190 g/mol. The first-order chi connectivity index (χ1) is 5.74. The lowest BCUT2D eigenvalue weighted by Gasteiger charge is -2.17. The van der Waals surface area contributed by atoms with Gasteiger partial charge in [0.05, 0.1) is 6.61 Å². The first-order valence-electron chi connectivity index (χ1n) is 4.33. The van der Waals surface area contributed by atoms with E-state index in [1.54, 1.807) is 4.42 Å². The zero-order valence-electron chi connectivity index (χ0n) is 7.00. The summed E-state index contributed by atoms with van der Waals surface area (Å²) in [5.41, 5.74) is 0. The molecule has 4 heteroatoms. The molecular weight excluding hydrogens is 178 g/mol. The number of carbonyl (C=O) groups excluding carboxylic acids is 1. The van der Waals surface area contributed by atoms with Crippen LogP contribution in [0.25, 0.3) is 0 Å². The van der Waals surface area contributed by atoms with Gasteiger partial charge in [-0.2, -0.15) is 0 Å². The maximum Gasteiger partial charge on any atom is 0.324 e. The molecule has 1 aliphatic carbocycles. The highest BCUT2D eigenvalue weighted by molar-refractivity contribution is 6.15. The topological polar surface area (TPSA) is 29.5 Å². The van der Waals surface area contributed by atoms with Crippen LogP contribution in [0.2, 0.25) is 0 Å². The Labute approximate surface area is 76.7 Å². The number of esters is 1. The summed E-state index contributed by atoms with van der Waals surface area (Å²) in [4.78, 5) is 11.3. The van der Waals surface area contributed by atoms with Crippen molar-refractivity contribution >= 4 is 17.7 Å². The molecular formula is C8H12ClNO2. The van der Waals surface area contributed by atoms with Gasteiger partial charge in [0.15, 0.2) is 0 Å². The van der Waals surface area contributed by atoms with Crippen LogP contribution in [-0.4, -0.2) is 29.6 Å². The Morgan fingerprint density at radius 1 is 1.75 bits per heavy atom. The van der Waals surface area contributed by atoms with Crippen molar-refractivity contribution in [3.05, 3.63) is 0 Å². The van der Waals surface area contributed by atoms with E-state index in [-0.39, 0.29) is 12.0 Å². The van der Waals surface area contributed by atoms with Crippen molar-refractivity contribution in [1.82, 2.24) is 4.42 Å². The fourth-order valence-corrected chi connectivity index (χ4v) is 2.33. The first kappa shape index (κ1) is 8.32. The van der Waals surface area contributed by atoms with Crippen LogP contribution in [0.4, 0.5) is 0 Å². The summed E-state index contributed by atoms with van der Waals surface area (Å²) in [5, 5.41) is 0. The fraction of sp³-hybridized carbons (Fsp3) is 0.875. The third kappa shape index (κ3) is 1.21. The maximum absolute atomic E-state index is 11.3. The molecule has 1 heterocycles. The molecule has 2 rings (SSSR count). The van der Waals surface area contributed by atoms with Crippen LogP contribution in [0.15, 0.2) is 0 Å². The number of ether oxygens (including phenoxy) is 1. The van der Waals surface area contributed by atoms with Gasteiger partial charge in [-0.15, -0.1) is 0 Å². The quantitative estimate of drug-likeness (QED) is 0.480. The Bertz CT molecular complexity index is 207. The van der Waals surface area contributed by atoms with Crippen LogP contribution in [-0.2, 0) is 9.53 Å². The molecule has 12 heavy (non-hydrogen) atoms. The van der Waals surface area contributed by atoms with Crippen LogP contribution in [0, 0.1) is 11.8 Å². The molecule has 3 unspecified atom stereocenters. The molecule has 3 atom stereocenters. The number of halogens is 1. The third-order valence-electron chi connectivity index (χ3n) is 2.62. The van der Waals surface area contributed by atoms with Crippen molar-refractivity contribution in [1.29, 1.82) is 0 Å². The summed E-state index contributed by atoms with van der Waals surface area (Å²) in [7, 11) is 0. The Balaban J connectivity index is 1.97. The normalized spacial score (nSPS) is 39.3. The zero-order chi connectivity index (χ0) is 8.72. The Kier molecular flexibility index (Phi) is 2.00. The van der Waals surface area contributed by atoms with E-state index in [9.17, 15) is 4.79 Å². The van der Waals surface area contributed by atoms with Crippen molar-refractivity contribution in [2.45, 2.75) is 19.4 Å². The van der Waals surface area contributed by atoms with Crippen LogP contribution >= 0.6 is 11.8 Å². The second-order valence-corrected chi connectivity index (χ2v) is 3.87. The van der Waals surface area contributed by atoms with E-state index >= 15 is 0 Å². The van der Waals surface area contributed by atoms with Gasteiger partial charge in [0.25, 0.3) is 0 Å². The first-order valence-corrected chi connectivity index (χ1v) is 4.67. The number of fused-ring (bicyclic) bond motifs is 1. The van der Waals surface area contributed by atoms with Crippen LogP contribution in [0.1, 0.15) is 13.3 Å². The second kappa shape index (κ2) is 2.89. The molecule has 0 aromatic rings. The number of hydrogen-bond donors (Lipinski definition) is 0. The lowest BCUT2D eigenvalue weighted by Crippen LogP contribution is -2.34. The van der Waals surface area contributed by atoms with E-state index in [2.05, 4.69) is 0 Å². The van der Waals surface area contributed by atoms with Crippen LogP contribution in [0.5, 0.6) is 0 Å². The summed E-state index contributed by atoms with van der Waals surface area (Å²) in [6.45, 7) is 3.10. The standard InChI is InChI=1S/C8H12ClNO2/c1-2-12-8(11)7-6-3-5(6)4-10(7)9/h5-7H,2-4H2,1H3. The number of rotatable bonds is 2.